The number of anilines is 1. The van der Waals surface area contributed by atoms with Crippen LogP contribution in [0.2, 0.25) is 10.0 Å². The largest absolute Gasteiger partial charge is 0.329 e. The van der Waals surface area contributed by atoms with Crippen molar-refractivity contribution in [1.82, 2.24) is 9.99 Å². The van der Waals surface area contributed by atoms with Gasteiger partial charge in [0.25, 0.3) is 0 Å². The Bertz CT molecular complexity index is 1090. The van der Waals surface area contributed by atoms with Crippen LogP contribution in [0.4, 0.5) is 5.69 Å². The lowest BCUT2D eigenvalue weighted by Gasteiger charge is -2.10. The first-order valence-corrected chi connectivity index (χ1v) is 9.46. The van der Waals surface area contributed by atoms with E-state index in [9.17, 15) is 9.59 Å². The summed E-state index contributed by atoms with van der Waals surface area (Å²) >= 11 is 12.1. The Hall–Kier alpha value is -3.09. The molecule has 3 aromatic rings. The van der Waals surface area contributed by atoms with Crippen LogP contribution in [0, 0.1) is 13.8 Å². The Morgan fingerprint density at radius 1 is 0.966 bits per heavy atom. The number of carbonyl (C=O) groups is 2. The highest BCUT2D eigenvalue weighted by atomic mass is 35.5. The molecule has 0 saturated carbocycles. The minimum atomic E-state index is -0.858. The van der Waals surface area contributed by atoms with Gasteiger partial charge in [0.2, 0.25) is 0 Å². The zero-order valence-corrected chi connectivity index (χ0v) is 17.3. The molecule has 1 heterocycles. The minimum Gasteiger partial charge on any atom is -0.318 e. The quantitative estimate of drug-likeness (QED) is 0.364. The van der Waals surface area contributed by atoms with E-state index in [4.69, 9.17) is 23.2 Å². The molecule has 0 saturated heterocycles. The van der Waals surface area contributed by atoms with Crippen molar-refractivity contribution in [2.24, 2.45) is 5.10 Å². The fourth-order valence-corrected chi connectivity index (χ4v) is 3.15. The van der Waals surface area contributed by atoms with Crippen LogP contribution in [-0.2, 0) is 9.59 Å². The van der Waals surface area contributed by atoms with E-state index >= 15 is 0 Å². The van der Waals surface area contributed by atoms with Gasteiger partial charge >= 0.3 is 11.8 Å². The number of para-hydroxylation sites is 1. The molecule has 1 aromatic heterocycles. The minimum absolute atomic E-state index is 0.462. The Morgan fingerprint density at radius 2 is 1.69 bits per heavy atom. The Morgan fingerprint density at radius 3 is 2.38 bits per heavy atom. The predicted octanol–water partition coefficient (Wildman–Crippen LogP) is 4.49. The lowest BCUT2D eigenvalue weighted by Crippen LogP contribution is -2.32. The SMILES string of the molecule is Cc1cc(/C=N\NC(=O)C(=O)Nc2ccccc2)c(C)n1-c1ccc(Cl)c(Cl)c1. The number of benzene rings is 2. The number of aromatic nitrogens is 1. The van der Waals surface area contributed by atoms with Crippen LogP contribution in [0.1, 0.15) is 17.0 Å². The number of amides is 2. The summed E-state index contributed by atoms with van der Waals surface area (Å²) in [4.78, 5) is 23.8. The topological polar surface area (TPSA) is 75.5 Å². The van der Waals surface area contributed by atoms with Crippen molar-refractivity contribution in [3.63, 3.8) is 0 Å². The van der Waals surface area contributed by atoms with E-state index in [2.05, 4.69) is 15.8 Å². The second kappa shape index (κ2) is 8.94. The molecule has 2 amide bonds. The highest BCUT2D eigenvalue weighted by molar-refractivity contribution is 6.42. The molecule has 6 nitrogen and oxygen atoms in total. The molecule has 148 valence electrons. The van der Waals surface area contributed by atoms with Crippen LogP contribution in [-0.4, -0.2) is 22.6 Å². The number of halogens is 2. The van der Waals surface area contributed by atoms with Gasteiger partial charge in [-0.2, -0.15) is 5.10 Å². The summed E-state index contributed by atoms with van der Waals surface area (Å²) in [5, 5.41) is 7.34. The molecule has 0 aliphatic carbocycles. The third-order valence-electron chi connectivity index (χ3n) is 4.24. The van der Waals surface area contributed by atoms with Crippen molar-refractivity contribution in [2.75, 3.05) is 5.32 Å². The summed E-state index contributed by atoms with van der Waals surface area (Å²) in [7, 11) is 0. The summed E-state index contributed by atoms with van der Waals surface area (Å²) < 4.78 is 1.99. The third-order valence-corrected chi connectivity index (χ3v) is 4.98. The van der Waals surface area contributed by atoms with E-state index in [1.165, 1.54) is 6.21 Å². The van der Waals surface area contributed by atoms with Gasteiger partial charge in [0.05, 0.1) is 16.3 Å². The number of nitrogens with one attached hydrogen (secondary N) is 2. The summed E-state index contributed by atoms with van der Waals surface area (Å²) in [6.07, 6.45) is 1.49. The molecular weight excluding hydrogens is 411 g/mol. The molecule has 2 N–H and O–H groups in total. The summed E-state index contributed by atoms with van der Waals surface area (Å²) in [5.41, 5.74) is 6.26. The van der Waals surface area contributed by atoms with Gasteiger partial charge in [0.15, 0.2) is 0 Å². The van der Waals surface area contributed by atoms with Crippen molar-refractivity contribution < 1.29 is 9.59 Å². The Balaban J connectivity index is 1.70. The van der Waals surface area contributed by atoms with Crippen LogP contribution < -0.4 is 10.7 Å². The van der Waals surface area contributed by atoms with Gasteiger partial charge in [0, 0.05) is 28.3 Å². The number of hydrazone groups is 1. The molecule has 2 aromatic carbocycles. The maximum absolute atomic E-state index is 11.9. The second-order valence-corrected chi connectivity index (χ2v) is 7.09. The number of aryl methyl sites for hydroxylation is 1. The highest BCUT2D eigenvalue weighted by Crippen LogP contribution is 2.27. The zero-order chi connectivity index (χ0) is 21.0. The van der Waals surface area contributed by atoms with Crippen molar-refractivity contribution >= 4 is 46.9 Å². The van der Waals surface area contributed by atoms with E-state index in [0.29, 0.717) is 15.7 Å². The number of rotatable bonds is 4. The van der Waals surface area contributed by atoms with Gasteiger partial charge in [-0.15, -0.1) is 0 Å². The van der Waals surface area contributed by atoms with Crippen LogP contribution in [0.15, 0.2) is 59.7 Å². The predicted molar refractivity (Wildman–Crippen MR) is 116 cm³/mol. The molecule has 8 heteroatoms. The molecule has 0 atom stereocenters. The van der Waals surface area contributed by atoms with E-state index in [1.807, 2.05) is 36.6 Å². The molecule has 0 aliphatic rings. The van der Waals surface area contributed by atoms with E-state index < -0.39 is 11.8 Å². The van der Waals surface area contributed by atoms with Gasteiger partial charge in [-0.25, -0.2) is 5.43 Å². The van der Waals surface area contributed by atoms with Gasteiger partial charge in [-0.3, -0.25) is 9.59 Å². The molecule has 0 unspecified atom stereocenters. The summed E-state index contributed by atoms with van der Waals surface area (Å²) in [6.45, 7) is 3.86. The highest BCUT2D eigenvalue weighted by Gasteiger charge is 2.14. The maximum Gasteiger partial charge on any atom is 0.329 e. The fraction of sp³-hybridized carbons (Fsp3) is 0.0952. The van der Waals surface area contributed by atoms with Gasteiger partial charge in [-0.1, -0.05) is 41.4 Å². The van der Waals surface area contributed by atoms with Crippen molar-refractivity contribution in [1.29, 1.82) is 0 Å². The molecule has 3 rings (SSSR count). The second-order valence-electron chi connectivity index (χ2n) is 6.28. The maximum atomic E-state index is 11.9. The standard InChI is InChI=1S/C21H18Cl2N4O2/c1-13-10-15(14(2)27(13)17-8-9-18(22)19(23)11-17)12-24-26-21(29)20(28)25-16-6-4-3-5-7-16/h3-12H,1-2H3,(H,25,28)(H,26,29)/b24-12-. The van der Waals surface area contributed by atoms with Crippen molar-refractivity contribution in [3.05, 3.63) is 81.6 Å². The van der Waals surface area contributed by atoms with Crippen molar-refractivity contribution in [2.45, 2.75) is 13.8 Å². The first-order chi connectivity index (χ1) is 13.9. The van der Waals surface area contributed by atoms with E-state index in [1.54, 1.807) is 36.4 Å². The Labute approximate surface area is 178 Å². The number of hydrogen-bond donors (Lipinski definition) is 2. The molecule has 0 radical (unpaired) electrons. The molecule has 0 spiro atoms. The molecular formula is C21H18Cl2N4O2. The fourth-order valence-electron chi connectivity index (χ4n) is 2.86. The number of hydrogen-bond acceptors (Lipinski definition) is 3. The lowest BCUT2D eigenvalue weighted by atomic mass is 10.2. The first-order valence-electron chi connectivity index (χ1n) is 8.70. The summed E-state index contributed by atoms with van der Waals surface area (Å²) in [6, 6.07) is 16.0. The van der Waals surface area contributed by atoms with Crippen molar-refractivity contribution in [3.8, 4) is 5.69 Å². The average molecular weight is 429 g/mol. The normalized spacial score (nSPS) is 10.9. The van der Waals surface area contributed by atoms with E-state index in [-0.39, 0.29) is 0 Å². The van der Waals surface area contributed by atoms with Gasteiger partial charge < -0.3 is 9.88 Å². The van der Waals surface area contributed by atoms with Crippen LogP contribution >= 0.6 is 23.2 Å². The zero-order valence-electron chi connectivity index (χ0n) is 15.7. The van der Waals surface area contributed by atoms with Crippen LogP contribution in [0.3, 0.4) is 0 Å². The Kier molecular flexibility index (Phi) is 6.36. The van der Waals surface area contributed by atoms with Gasteiger partial charge in [0.1, 0.15) is 0 Å². The molecule has 0 bridgehead atoms. The van der Waals surface area contributed by atoms with Crippen LogP contribution in [0.5, 0.6) is 0 Å². The third kappa shape index (κ3) is 4.85. The molecule has 0 aliphatic heterocycles. The van der Waals surface area contributed by atoms with E-state index in [0.717, 1.165) is 22.6 Å². The monoisotopic (exact) mass is 428 g/mol. The van der Waals surface area contributed by atoms with Gasteiger partial charge in [-0.05, 0) is 50.2 Å². The lowest BCUT2D eigenvalue weighted by molar-refractivity contribution is -0.136. The molecule has 29 heavy (non-hydrogen) atoms. The van der Waals surface area contributed by atoms with Crippen LogP contribution in [0.25, 0.3) is 5.69 Å². The smallest absolute Gasteiger partial charge is 0.318 e. The first kappa shape index (κ1) is 20.6. The molecule has 0 fully saturated rings. The summed E-state index contributed by atoms with van der Waals surface area (Å²) in [5.74, 6) is -1.65. The number of carbonyl (C=O) groups excluding carboxylic acids is 2. The average Bonchev–Trinajstić information content (AvgIpc) is 2.98. The number of nitrogens with zero attached hydrogens (tertiary/aromatic N) is 2.